The van der Waals surface area contributed by atoms with Gasteiger partial charge in [0.2, 0.25) is 0 Å². The van der Waals surface area contributed by atoms with Crippen molar-refractivity contribution in [1.29, 1.82) is 0 Å². The van der Waals surface area contributed by atoms with E-state index >= 15 is 0 Å². The Hall–Kier alpha value is -0.940. The Morgan fingerprint density at radius 1 is 1.10 bits per heavy atom. The lowest BCUT2D eigenvalue weighted by Crippen LogP contribution is -2.47. The smallest absolute Gasteiger partial charge is 0.147 e. The molecule has 4 rings (SSSR count). The standard InChI is InChI=1S/C15H24N4O/c20-15(6-2-1-3-7-15)11-18-8-9-19-13(10-18)16-17-14(19)12-4-5-12/h12,20H,1-11H2. The number of β-amino-alcohol motifs (C(OH)–C–C–N with tert-alkyl or cyclic N) is 1. The molecule has 2 heterocycles. The number of fused-ring (bicyclic) bond motifs is 1. The summed E-state index contributed by atoms with van der Waals surface area (Å²) < 4.78 is 2.32. The Morgan fingerprint density at radius 3 is 2.65 bits per heavy atom. The molecular weight excluding hydrogens is 252 g/mol. The molecule has 0 radical (unpaired) electrons. The number of aromatic nitrogens is 3. The number of hydrogen-bond donors (Lipinski definition) is 1. The van der Waals surface area contributed by atoms with Gasteiger partial charge in [0.25, 0.3) is 0 Å². The summed E-state index contributed by atoms with van der Waals surface area (Å²) >= 11 is 0. The van der Waals surface area contributed by atoms with Crippen LogP contribution < -0.4 is 0 Å². The molecule has 5 heteroatoms. The Morgan fingerprint density at radius 2 is 1.90 bits per heavy atom. The second-order valence-electron chi connectivity index (χ2n) is 6.90. The molecule has 2 saturated carbocycles. The Kier molecular flexibility index (Phi) is 3.07. The van der Waals surface area contributed by atoms with E-state index in [1.54, 1.807) is 0 Å². The van der Waals surface area contributed by atoms with Crippen LogP contribution >= 0.6 is 0 Å². The van der Waals surface area contributed by atoms with E-state index in [2.05, 4.69) is 19.7 Å². The summed E-state index contributed by atoms with van der Waals surface area (Å²) in [5.74, 6) is 2.97. The number of rotatable bonds is 3. The molecule has 0 aromatic carbocycles. The van der Waals surface area contributed by atoms with Crippen molar-refractivity contribution in [2.24, 2.45) is 0 Å². The minimum absolute atomic E-state index is 0.459. The highest BCUT2D eigenvalue weighted by Crippen LogP contribution is 2.39. The van der Waals surface area contributed by atoms with Crippen LogP contribution in [0.4, 0.5) is 0 Å². The topological polar surface area (TPSA) is 54.2 Å². The summed E-state index contributed by atoms with van der Waals surface area (Å²) in [6.45, 7) is 3.66. The predicted molar refractivity (Wildman–Crippen MR) is 75.3 cm³/mol. The van der Waals surface area contributed by atoms with Crippen molar-refractivity contribution in [3.63, 3.8) is 0 Å². The van der Waals surface area contributed by atoms with Gasteiger partial charge in [0.15, 0.2) is 0 Å². The van der Waals surface area contributed by atoms with Crippen LogP contribution in [0.5, 0.6) is 0 Å². The van der Waals surface area contributed by atoms with Crippen molar-refractivity contribution in [3.05, 3.63) is 11.6 Å². The first kappa shape index (κ1) is 12.8. The van der Waals surface area contributed by atoms with Gasteiger partial charge in [-0.1, -0.05) is 19.3 Å². The summed E-state index contributed by atoms with van der Waals surface area (Å²) in [5.41, 5.74) is -0.459. The first-order valence-corrected chi connectivity index (χ1v) is 8.10. The van der Waals surface area contributed by atoms with Crippen LogP contribution in [0.25, 0.3) is 0 Å². The zero-order valence-corrected chi connectivity index (χ0v) is 12.1. The normalized spacial score (nSPS) is 26.4. The van der Waals surface area contributed by atoms with Crippen LogP contribution in [0.15, 0.2) is 0 Å². The lowest BCUT2D eigenvalue weighted by atomic mass is 9.84. The van der Waals surface area contributed by atoms with E-state index in [4.69, 9.17) is 0 Å². The summed E-state index contributed by atoms with van der Waals surface area (Å²) in [5, 5.41) is 19.4. The van der Waals surface area contributed by atoms with Crippen molar-refractivity contribution in [3.8, 4) is 0 Å². The molecule has 2 aliphatic carbocycles. The fourth-order valence-electron chi connectivity index (χ4n) is 3.79. The third-order valence-corrected chi connectivity index (χ3v) is 5.11. The molecule has 0 unspecified atom stereocenters. The lowest BCUT2D eigenvalue weighted by Gasteiger charge is -2.38. The minimum Gasteiger partial charge on any atom is -0.389 e. The van der Waals surface area contributed by atoms with Crippen molar-refractivity contribution in [2.45, 2.75) is 69.6 Å². The molecule has 20 heavy (non-hydrogen) atoms. The summed E-state index contributed by atoms with van der Waals surface area (Å²) in [6, 6.07) is 0. The van der Waals surface area contributed by atoms with Gasteiger partial charge in [-0.3, -0.25) is 4.90 Å². The highest BCUT2D eigenvalue weighted by atomic mass is 16.3. The zero-order chi connectivity index (χ0) is 13.6. The number of hydrogen-bond acceptors (Lipinski definition) is 4. The molecule has 0 spiro atoms. The molecule has 2 fully saturated rings. The lowest BCUT2D eigenvalue weighted by molar-refractivity contribution is -0.0320. The molecule has 0 amide bonds. The predicted octanol–water partition coefficient (Wildman–Crippen LogP) is 1.67. The molecule has 3 aliphatic rings. The Labute approximate surface area is 120 Å². The van der Waals surface area contributed by atoms with E-state index in [1.165, 1.54) is 37.9 Å². The van der Waals surface area contributed by atoms with E-state index < -0.39 is 5.60 Å². The van der Waals surface area contributed by atoms with Crippen LogP contribution in [-0.2, 0) is 13.1 Å². The Bertz CT molecular complexity index is 488. The second kappa shape index (κ2) is 4.81. The van der Waals surface area contributed by atoms with Gasteiger partial charge in [-0.15, -0.1) is 10.2 Å². The van der Waals surface area contributed by atoms with Crippen LogP contribution in [0.2, 0.25) is 0 Å². The van der Waals surface area contributed by atoms with Gasteiger partial charge in [-0.25, -0.2) is 0 Å². The number of aliphatic hydroxyl groups is 1. The molecule has 1 N–H and O–H groups in total. The second-order valence-corrected chi connectivity index (χ2v) is 6.90. The monoisotopic (exact) mass is 276 g/mol. The van der Waals surface area contributed by atoms with E-state index in [-0.39, 0.29) is 0 Å². The number of nitrogens with zero attached hydrogens (tertiary/aromatic N) is 4. The fraction of sp³-hybridized carbons (Fsp3) is 0.867. The van der Waals surface area contributed by atoms with Crippen molar-refractivity contribution in [1.82, 2.24) is 19.7 Å². The maximum Gasteiger partial charge on any atom is 0.147 e. The molecule has 5 nitrogen and oxygen atoms in total. The van der Waals surface area contributed by atoms with Crippen molar-refractivity contribution < 1.29 is 5.11 Å². The average molecular weight is 276 g/mol. The van der Waals surface area contributed by atoms with E-state index in [0.29, 0.717) is 5.92 Å². The Balaban J connectivity index is 1.44. The van der Waals surface area contributed by atoms with Crippen LogP contribution in [0.1, 0.15) is 62.5 Å². The van der Waals surface area contributed by atoms with Gasteiger partial charge < -0.3 is 9.67 Å². The summed E-state index contributed by atoms with van der Waals surface area (Å²) in [4.78, 5) is 2.37. The van der Waals surface area contributed by atoms with Gasteiger partial charge in [0.1, 0.15) is 11.6 Å². The fourth-order valence-corrected chi connectivity index (χ4v) is 3.79. The maximum absolute atomic E-state index is 10.7. The van der Waals surface area contributed by atoms with Crippen LogP contribution in [-0.4, -0.2) is 43.5 Å². The first-order valence-electron chi connectivity index (χ1n) is 8.10. The van der Waals surface area contributed by atoms with Gasteiger partial charge in [-0.2, -0.15) is 0 Å². The maximum atomic E-state index is 10.7. The summed E-state index contributed by atoms with van der Waals surface area (Å²) in [7, 11) is 0. The molecule has 1 aromatic heterocycles. The molecule has 0 bridgehead atoms. The third kappa shape index (κ3) is 2.37. The molecule has 110 valence electrons. The van der Waals surface area contributed by atoms with E-state index in [1.807, 2.05) is 0 Å². The highest BCUT2D eigenvalue weighted by Gasteiger charge is 2.35. The van der Waals surface area contributed by atoms with Gasteiger partial charge >= 0.3 is 0 Å². The summed E-state index contributed by atoms with van der Waals surface area (Å²) in [6.07, 6.45) is 8.11. The molecule has 1 aliphatic heterocycles. The van der Waals surface area contributed by atoms with Crippen molar-refractivity contribution >= 4 is 0 Å². The van der Waals surface area contributed by atoms with Gasteiger partial charge in [0, 0.05) is 25.6 Å². The molecule has 0 saturated heterocycles. The third-order valence-electron chi connectivity index (χ3n) is 5.11. The van der Waals surface area contributed by atoms with Crippen molar-refractivity contribution in [2.75, 3.05) is 13.1 Å². The zero-order valence-electron chi connectivity index (χ0n) is 12.1. The minimum atomic E-state index is -0.459. The van der Waals surface area contributed by atoms with Crippen LogP contribution in [0, 0.1) is 0 Å². The van der Waals surface area contributed by atoms with E-state index in [0.717, 1.165) is 44.8 Å². The molecule has 0 atom stereocenters. The SMILES string of the molecule is OC1(CN2CCn3c(nnc3C3CC3)C2)CCCCC1. The van der Waals surface area contributed by atoms with E-state index in [9.17, 15) is 5.11 Å². The van der Waals surface area contributed by atoms with Gasteiger partial charge in [-0.05, 0) is 25.7 Å². The van der Waals surface area contributed by atoms with Crippen LogP contribution in [0.3, 0.4) is 0 Å². The quantitative estimate of drug-likeness (QED) is 0.912. The average Bonchev–Trinajstić information content (AvgIpc) is 3.19. The first-order chi connectivity index (χ1) is 9.73. The van der Waals surface area contributed by atoms with Gasteiger partial charge in [0.05, 0.1) is 12.1 Å². The largest absolute Gasteiger partial charge is 0.389 e. The molecular formula is C15H24N4O. The molecule has 1 aromatic rings. The highest BCUT2D eigenvalue weighted by molar-refractivity contribution is 5.10.